The van der Waals surface area contributed by atoms with Crippen molar-refractivity contribution in [1.29, 1.82) is 0 Å². The van der Waals surface area contributed by atoms with E-state index < -0.39 is 0 Å². The molecule has 0 spiro atoms. The van der Waals surface area contributed by atoms with Gasteiger partial charge in [-0.25, -0.2) is 0 Å². The van der Waals surface area contributed by atoms with E-state index in [4.69, 9.17) is 5.11 Å². The lowest BCUT2D eigenvalue weighted by atomic mass is 9.82. The highest BCUT2D eigenvalue weighted by atomic mass is 32.1. The van der Waals surface area contributed by atoms with Gasteiger partial charge in [-0.3, -0.25) is 0 Å². The summed E-state index contributed by atoms with van der Waals surface area (Å²) in [6.07, 6.45) is 1.45. The van der Waals surface area contributed by atoms with Gasteiger partial charge in [0.25, 0.3) is 0 Å². The maximum absolute atomic E-state index is 10.4. The molecule has 19 heavy (non-hydrogen) atoms. The Morgan fingerprint density at radius 2 is 1.84 bits per heavy atom. The van der Waals surface area contributed by atoms with Gasteiger partial charge in [0, 0.05) is 11.9 Å². The van der Waals surface area contributed by atoms with Gasteiger partial charge < -0.3 is 10.2 Å². The minimum Gasteiger partial charge on any atom is -0.507 e. The quantitative estimate of drug-likeness (QED) is 0.739. The van der Waals surface area contributed by atoms with Gasteiger partial charge in [0.1, 0.15) is 5.75 Å². The molecule has 1 unspecified atom stereocenters. The molecule has 0 aliphatic heterocycles. The van der Waals surface area contributed by atoms with Gasteiger partial charge in [0.2, 0.25) is 0 Å². The van der Waals surface area contributed by atoms with Gasteiger partial charge in [-0.2, -0.15) is 12.6 Å². The lowest BCUT2D eigenvalue weighted by Gasteiger charge is -2.25. The first kappa shape index (κ1) is 16.4. The molecule has 0 amide bonds. The summed E-state index contributed by atoms with van der Waals surface area (Å²) in [6.45, 7) is 10.5. The monoisotopic (exact) mass is 282 g/mol. The first-order valence-corrected chi connectivity index (χ1v) is 7.31. The molecule has 1 rings (SSSR count). The zero-order chi connectivity index (χ0) is 14.8. The fraction of sp³-hybridized carbons (Fsp3) is 0.625. The average molecular weight is 282 g/mol. The predicted molar refractivity (Wildman–Crippen MR) is 84.5 cm³/mol. The van der Waals surface area contributed by atoms with Crippen molar-refractivity contribution in [2.75, 3.05) is 6.61 Å². The molecule has 2 N–H and O–H groups in total. The third-order valence-electron chi connectivity index (χ3n) is 3.61. The fourth-order valence-corrected chi connectivity index (χ4v) is 2.68. The highest BCUT2D eigenvalue weighted by Gasteiger charge is 2.22. The van der Waals surface area contributed by atoms with Crippen LogP contribution in [-0.2, 0) is 11.8 Å². The third-order valence-corrected chi connectivity index (χ3v) is 4.05. The topological polar surface area (TPSA) is 40.5 Å². The highest BCUT2D eigenvalue weighted by Crippen LogP contribution is 2.37. The zero-order valence-corrected chi connectivity index (χ0v) is 13.5. The van der Waals surface area contributed by atoms with Gasteiger partial charge in [-0.15, -0.1) is 0 Å². The van der Waals surface area contributed by atoms with E-state index in [0.29, 0.717) is 12.2 Å². The second kappa shape index (κ2) is 6.19. The normalized spacial score (nSPS) is 13.6. The molecule has 1 aromatic rings. The second-order valence-corrected chi connectivity index (χ2v) is 7.04. The number of rotatable bonds is 4. The van der Waals surface area contributed by atoms with Crippen molar-refractivity contribution in [2.45, 2.75) is 58.1 Å². The van der Waals surface area contributed by atoms with Crippen LogP contribution in [0.3, 0.4) is 0 Å². The maximum atomic E-state index is 10.4. The van der Waals surface area contributed by atoms with Crippen LogP contribution in [0.5, 0.6) is 5.75 Å². The predicted octanol–water partition coefficient (Wildman–Crippen LogP) is 3.53. The minimum absolute atomic E-state index is 0.0659. The van der Waals surface area contributed by atoms with Gasteiger partial charge in [-0.1, -0.05) is 26.8 Å². The van der Waals surface area contributed by atoms with Crippen LogP contribution in [0.2, 0.25) is 0 Å². The van der Waals surface area contributed by atoms with Gasteiger partial charge >= 0.3 is 0 Å². The van der Waals surface area contributed by atoms with Crippen LogP contribution in [-0.4, -0.2) is 22.1 Å². The van der Waals surface area contributed by atoms with E-state index in [1.807, 2.05) is 6.92 Å². The van der Waals surface area contributed by atoms with Gasteiger partial charge in [0.05, 0.1) is 0 Å². The molecule has 0 fully saturated rings. The van der Waals surface area contributed by atoms with E-state index in [0.717, 1.165) is 23.1 Å². The van der Waals surface area contributed by atoms with E-state index in [1.165, 1.54) is 5.56 Å². The molecule has 0 aliphatic carbocycles. The van der Waals surface area contributed by atoms with Gasteiger partial charge in [0.15, 0.2) is 0 Å². The summed E-state index contributed by atoms with van der Waals surface area (Å²) in [5, 5.41) is 19.5. The highest BCUT2D eigenvalue weighted by molar-refractivity contribution is 7.80. The largest absolute Gasteiger partial charge is 0.507 e. The number of aliphatic hydroxyl groups excluding tert-OH is 1. The lowest BCUT2D eigenvalue weighted by molar-refractivity contribution is 0.287. The van der Waals surface area contributed by atoms with Crippen molar-refractivity contribution in [3.8, 4) is 5.75 Å². The third kappa shape index (κ3) is 3.90. The maximum Gasteiger partial charge on any atom is 0.122 e. The van der Waals surface area contributed by atoms with E-state index in [1.54, 1.807) is 0 Å². The Kier molecular flexibility index (Phi) is 5.34. The van der Waals surface area contributed by atoms with Crippen LogP contribution in [0.1, 0.15) is 49.4 Å². The number of aliphatic hydroxyl groups is 1. The van der Waals surface area contributed by atoms with Crippen LogP contribution in [0.15, 0.2) is 6.07 Å². The minimum atomic E-state index is -0.0659. The van der Waals surface area contributed by atoms with Crippen LogP contribution in [0.25, 0.3) is 0 Å². The number of hydrogen-bond acceptors (Lipinski definition) is 3. The fourth-order valence-electron chi connectivity index (χ4n) is 2.39. The molecular formula is C16H26O2S. The number of phenolic OH excluding ortho intramolecular Hbond substituents is 1. The molecule has 0 aromatic heterocycles. The number of aromatic hydroxyl groups is 1. The Morgan fingerprint density at radius 1 is 1.26 bits per heavy atom. The molecule has 0 radical (unpaired) electrons. The standard InChI is InChI=1S/C16H26O2S/c1-10-8-14(16(3,4)5)15(18)11(2)13(10)9-12(19)6-7-17/h8,12,17-19H,6-7,9H2,1-5H3. The van der Waals surface area contributed by atoms with Crippen molar-refractivity contribution in [2.24, 2.45) is 0 Å². The molecule has 108 valence electrons. The van der Waals surface area contributed by atoms with E-state index in [9.17, 15) is 5.11 Å². The molecule has 0 aliphatic rings. The van der Waals surface area contributed by atoms with E-state index in [-0.39, 0.29) is 17.3 Å². The lowest BCUT2D eigenvalue weighted by Crippen LogP contribution is -2.15. The zero-order valence-electron chi connectivity index (χ0n) is 12.6. The summed E-state index contributed by atoms with van der Waals surface area (Å²) in [7, 11) is 0. The summed E-state index contributed by atoms with van der Waals surface area (Å²) < 4.78 is 0. The van der Waals surface area contributed by atoms with E-state index >= 15 is 0 Å². The van der Waals surface area contributed by atoms with Gasteiger partial charge in [-0.05, 0) is 54.4 Å². The number of thiol groups is 1. The molecule has 2 nitrogen and oxygen atoms in total. The molecule has 1 aromatic carbocycles. The SMILES string of the molecule is Cc1cc(C(C)(C)C)c(O)c(C)c1CC(S)CCO. The van der Waals surface area contributed by atoms with Crippen molar-refractivity contribution in [3.63, 3.8) is 0 Å². The van der Waals surface area contributed by atoms with Crippen LogP contribution in [0, 0.1) is 13.8 Å². The summed E-state index contributed by atoms with van der Waals surface area (Å²) >= 11 is 4.49. The average Bonchev–Trinajstić information content (AvgIpc) is 2.28. The summed E-state index contributed by atoms with van der Waals surface area (Å²) in [5.74, 6) is 0.401. The first-order chi connectivity index (χ1) is 8.68. The molecule has 0 saturated carbocycles. The number of aryl methyl sites for hydroxylation is 1. The van der Waals surface area contributed by atoms with Crippen LogP contribution < -0.4 is 0 Å². The summed E-state index contributed by atoms with van der Waals surface area (Å²) in [6, 6.07) is 2.08. The Hall–Kier alpha value is -0.670. The van der Waals surface area contributed by atoms with Crippen molar-refractivity contribution < 1.29 is 10.2 Å². The van der Waals surface area contributed by atoms with Crippen molar-refractivity contribution in [1.82, 2.24) is 0 Å². The summed E-state index contributed by atoms with van der Waals surface area (Å²) in [5.41, 5.74) is 4.21. The van der Waals surface area contributed by atoms with Crippen LogP contribution in [0.4, 0.5) is 0 Å². The first-order valence-electron chi connectivity index (χ1n) is 6.80. The Labute approximate surface area is 122 Å². The Morgan fingerprint density at radius 3 is 2.32 bits per heavy atom. The van der Waals surface area contributed by atoms with Crippen LogP contribution >= 0.6 is 12.6 Å². The van der Waals surface area contributed by atoms with Crippen molar-refractivity contribution >= 4 is 12.6 Å². The smallest absolute Gasteiger partial charge is 0.122 e. The summed E-state index contributed by atoms with van der Waals surface area (Å²) in [4.78, 5) is 0. The molecule has 0 bridgehead atoms. The molecular weight excluding hydrogens is 256 g/mol. The number of benzene rings is 1. The van der Waals surface area contributed by atoms with Crippen molar-refractivity contribution in [3.05, 3.63) is 28.3 Å². The Bertz CT molecular complexity index is 447. The molecule has 1 atom stereocenters. The Balaban J connectivity index is 3.19. The number of hydrogen-bond donors (Lipinski definition) is 3. The molecule has 0 heterocycles. The van der Waals surface area contributed by atoms with E-state index in [2.05, 4.69) is 46.4 Å². The molecule has 3 heteroatoms. The number of phenols is 1. The second-order valence-electron chi connectivity index (χ2n) is 6.31. The molecule has 0 saturated heterocycles.